The molecule has 1 atom stereocenters. The molecule has 0 fully saturated rings. The van der Waals surface area contributed by atoms with Gasteiger partial charge in [-0.3, -0.25) is 0 Å². The summed E-state index contributed by atoms with van der Waals surface area (Å²) in [6, 6.07) is 3.66. The van der Waals surface area contributed by atoms with Crippen LogP contribution in [0, 0.1) is 11.7 Å². The zero-order chi connectivity index (χ0) is 14.4. The second-order valence-electron chi connectivity index (χ2n) is 4.87. The fourth-order valence-electron chi connectivity index (χ4n) is 2.65. The van der Waals surface area contributed by atoms with Crippen molar-refractivity contribution in [1.82, 2.24) is 5.32 Å². The zero-order valence-corrected chi connectivity index (χ0v) is 14.1. The first kappa shape index (κ1) is 16.9. The number of rotatable bonds is 7. The Morgan fingerprint density at radius 2 is 1.84 bits per heavy atom. The van der Waals surface area contributed by atoms with E-state index in [2.05, 4.69) is 35.1 Å². The van der Waals surface area contributed by atoms with Crippen LogP contribution in [0.4, 0.5) is 4.39 Å². The van der Waals surface area contributed by atoms with Gasteiger partial charge in [0.05, 0.1) is 5.02 Å². The second kappa shape index (κ2) is 8.23. The summed E-state index contributed by atoms with van der Waals surface area (Å²) in [7, 11) is 1.89. The molecule has 0 aliphatic carbocycles. The maximum Gasteiger partial charge on any atom is 0.147 e. The predicted octanol–water partition coefficient (Wildman–Crippen LogP) is 5.72. The van der Waals surface area contributed by atoms with Crippen LogP contribution in [0.1, 0.15) is 51.1 Å². The van der Waals surface area contributed by atoms with Crippen molar-refractivity contribution in [2.45, 2.75) is 45.6 Å². The van der Waals surface area contributed by atoms with Crippen molar-refractivity contribution in [1.29, 1.82) is 0 Å². The minimum atomic E-state index is -0.312. The van der Waals surface area contributed by atoms with Crippen LogP contribution in [-0.2, 0) is 0 Å². The highest BCUT2D eigenvalue weighted by Crippen LogP contribution is 2.35. The van der Waals surface area contributed by atoms with E-state index in [9.17, 15) is 4.39 Å². The first-order chi connectivity index (χ1) is 9.06. The highest BCUT2D eigenvalue weighted by molar-refractivity contribution is 9.10. The maximum atomic E-state index is 14.3. The highest BCUT2D eigenvalue weighted by atomic mass is 79.9. The molecular formula is C15H22BrClFN. The van der Waals surface area contributed by atoms with E-state index in [1.54, 1.807) is 0 Å². The molecule has 1 aromatic carbocycles. The highest BCUT2D eigenvalue weighted by Gasteiger charge is 2.24. The molecular weight excluding hydrogens is 329 g/mol. The second-order valence-corrected chi connectivity index (χ2v) is 6.10. The molecule has 19 heavy (non-hydrogen) atoms. The van der Waals surface area contributed by atoms with Crippen molar-refractivity contribution in [3.05, 3.63) is 33.0 Å². The van der Waals surface area contributed by atoms with E-state index in [1.165, 1.54) is 0 Å². The van der Waals surface area contributed by atoms with Crippen LogP contribution in [0.3, 0.4) is 0 Å². The molecule has 1 aromatic rings. The van der Waals surface area contributed by atoms with Crippen LogP contribution in [0.15, 0.2) is 16.6 Å². The third-order valence-corrected chi connectivity index (χ3v) is 4.76. The van der Waals surface area contributed by atoms with Crippen molar-refractivity contribution in [2.24, 2.45) is 5.92 Å². The lowest BCUT2D eigenvalue weighted by atomic mass is 9.86. The normalized spacial score (nSPS) is 13.0. The van der Waals surface area contributed by atoms with Gasteiger partial charge in [-0.15, -0.1) is 0 Å². The molecule has 0 heterocycles. The van der Waals surface area contributed by atoms with E-state index in [0.29, 0.717) is 16.0 Å². The molecule has 4 heteroatoms. The molecule has 1 N–H and O–H groups in total. The first-order valence-electron chi connectivity index (χ1n) is 6.87. The molecule has 1 rings (SSSR count). The molecule has 0 bridgehead atoms. The Labute approximate surface area is 129 Å². The minimum Gasteiger partial charge on any atom is -0.313 e. The lowest BCUT2D eigenvalue weighted by Crippen LogP contribution is -2.26. The summed E-state index contributed by atoms with van der Waals surface area (Å²) in [6.45, 7) is 4.33. The topological polar surface area (TPSA) is 12.0 Å². The first-order valence-corrected chi connectivity index (χ1v) is 8.04. The maximum absolute atomic E-state index is 14.3. The third kappa shape index (κ3) is 4.17. The number of halogens is 3. The summed E-state index contributed by atoms with van der Waals surface area (Å²) < 4.78 is 14.9. The standard InChI is InChI=1S/C15H22BrClFN/c1-4-6-10(7-5-2)15(19-3)11-8-9-12(16)13(17)14(11)18/h8-10,15,19H,4-7H2,1-3H3. The number of hydrogen-bond acceptors (Lipinski definition) is 1. The Hall–Kier alpha value is -0.120. The van der Waals surface area contributed by atoms with E-state index in [1.807, 2.05) is 19.2 Å². The molecule has 0 aliphatic heterocycles. The van der Waals surface area contributed by atoms with Gasteiger partial charge in [0.25, 0.3) is 0 Å². The lowest BCUT2D eigenvalue weighted by molar-refractivity contribution is 0.323. The van der Waals surface area contributed by atoms with Crippen molar-refractivity contribution < 1.29 is 4.39 Å². The number of benzene rings is 1. The summed E-state index contributed by atoms with van der Waals surface area (Å²) in [5.74, 6) is 0.124. The van der Waals surface area contributed by atoms with Crippen LogP contribution in [0.2, 0.25) is 5.02 Å². The van der Waals surface area contributed by atoms with Gasteiger partial charge in [-0.25, -0.2) is 4.39 Å². The molecule has 0 spiro atoms. The van der Waals surface area contributed by atoms with Gasteiger partial charge in [0.1, 0.15) is 5.82 Å². The Morgan fingerprint density at radius 3 is 2.32 bits per heavy atom. The van der Waals surface area contributed by atoms with Gasteiger partial charge in [-0.2, -0.15) is 0 Å². The quantitative estimate of drug-likeness (QED) is 0.620. The van der Waals surface area contributed by atoms with Crippen molar-refractivity contribution in [3.8, 4) is 0 Å². The van der Waals surface area contributed by atoms with Gasteiger partial charge in [0.2, 0.25) is 0 Å². The average molecular weight is 351 g/mol. The number of nitrogens with one attached hydrogen (secondary N) is 1. The van der Waals surface area contributed by atoms with Crippen LogP contribution >= 0.6 is 27.5 Å². The Morgan fingerprint density at radius 1 is 1.26 bits per heavy atom. The van der Waals surface area contributed by atoms with Crippen LogP contribution < -0.4 is 5.32 Å². The minimum absolute atomic E-state index is 0.0190. The Balaban J connectivity index is 3.10. The van der Waals surface area contributed by atoms with Crippen molar-refractivity contribution in [2.75, 3.05) is 7.05 Å². The molecule has 0 aliphatic rings. The Kier molecular flexibility index (Phi) is 7.33. The van der Waals surface area contributed by atoms with Gasteiger partial charge >= 0.3 is 0 Å². The van der Waals surface area contributed by atoms with Gasteiger partial charge in [0.15, 0.2) is 0 Å². The van der Waals surface area contributed by atoms with E-state index >= 15 is 0 Å². The molecule has 1 unspecified atom stereocenters. The van der Waals surface area contributed by atoms with E-state index < -0.39 is 0 Å². The molecule has 0 saturated heterocycles. The molecule has 108 valence electrons. The van der Waals surface area contributed by atoms with Gasteiger partial charge < -0.3 is 5.32 Å². The average Bonchev–Trinajstić information content (AvgIpc) is 2.40. The van der Waals surface area contributed by atoms with E-state index in [0.717, 1.165) is 25.7 Å². The SMILES string of the molecule is CCCC(CCC)C(NC)c1ccc(Br)c(Cl)c1F. The fourth-order valence-corrected chi connectivity index (χ4v) is 3.12. The third-order valence-electron chi connectivity index (χ3n) is 3.50. The largest absolute Gasteiger partial charge is 0.313 e. The summed E-state index contributed by atoms with van der Waals surface area (Å²) in [6.07, 6.45) is 4.39. The van der Waals surface area contributed by atoms with Gasteiger partial charge in [-0.05, 0) is 47.8 Å². The summed E-state index contributed by atoms with van der Waals surface area (Å²) >= 11 is 9.25. The zero-order valence-electron chi connectivity index (χ0n) is 11.8. The molecule has 0 aromatic heterocycles. The molecule has 1 nitrogen and oxygen atoms in total. The van der Waals surface area contributed by atoms with Crippen LogP contribution in [0.25, 0.3) is 0 Å². The molecule has 0 amide bonds. The molecule has 0 saturated carbocycles. The van der Waals surface area contributed by atoms with Gasteiger partial charge in [0, 0.05) is 16.1 Å². The monoisotopic (exact) mass is 349 g/mol. The van der Waals surface area contributed by atoms with Crippen LogP contribution in [0.5, 0.6) is 0 Å². The lowest BCUT2D eigenvalue weighted by Gasteiger charge is -2.27. The van der Waals surface area contributed by atoms with Crippen molar-refractivity contribution >= 4 is 27.5 Å². The summed E-state index contributed by atoms with van der Waals surface area (Å²) in [5, 5.41) is 3.43. The van der Waals surface area contributed by atoms with E-state index in [4.69, 9.17) is 11.6 Å². The van der Waals surface area contributed by atoms with Gasteiger partial charge in [-0.1, -0.05) is 44.4 Å². The fraction of sp³-hybridized carbons (Fsp3) is 0.600. The predicted molar refractivity (Wildman–Crippen MR) is 84.2 cm³/mol. The summed E-state index contributed by atoms with van der Waals surface area (Å²) in [4.78, 5) is 0. The van der Waals surface area contributed by atoms with E-state index in [-0.39, 0.29) is 16.9 Å². The van der Waals surface area contributed by atoms with Crippen LogP contribution in [-0.4, -0.2) is 7.05 Å². The summed E-state index contributed by atoms with van der Waals surface area (Å²) in [5.41, 5.74) is 0.669. The Bertz CT molecular complexity index is 405. The van der Waals surface area contributed by atoms with Crippen molar-refractivity contribution in [3.63, 3.8) is 0 Å². The number of hydrogen-bond donors (Lipinski definition) is 1. The smallest absolute Gasteiger partial charge is 0.147 e. The molecule has 0 radical (unpaired) electrons.